The van der Waals surface area contributed by atoms with E-state index in [-0.39, 0.29) is 10.9 Å². The lowest BCUT2D eigenvalue weighted by Gasteiger charge is -2.11. The van der Waals surface area contributed by atoms with Crippen molar-refractivity contribution in [3.63, 3.8) is 0 Å². The van der Waals surface area contributed by atoms with Gasteiger partial charge >= 0.3 is 5.97 Å². The number of nitriles is 1. The third-order valence-corrected chi connectivity index (χ3v) is 5.17. The Kier molecular flexibility index (Phi) is 4.73. The molecule has 1 heterocycles. The van der Waals surface area contributed by atoms with Crippen LogP contribution >= 0.6 is 11.3 Å². The monoisotopic (exact) mass is 381 g/mol. The molecule has 6 nitrogen and oxygen atoms in total. The number of ether oxygens (including phenoxy) is 2. The summed E-state index contributed by atoms with van der Waals surface area (Å²) < 4.78 is 19.0. The second kappa shape index (κ2) is 7.48. The molecule has 0 radical (unpaired) electrons. The number of hydrogen-bond acceptors (Lipinski definition) is 6. The van der Waals surface area contributed by atoms with Crippen LogP contribution < -0.4 is 9.47 Å². The van der Waals surface area contributed by atoms with Crippen LogP contribution in [0.4, 0.5) is 0 Å². The first kappa shape index (κ1) is 17.1. The number of rotatable bonds is 5. The van der Waals surface area contributed by atoms with Gasteiger partial charge in [0.05, 0.1) is 32.9 Å². The maximum atomic E-state index is 11.3. The Morgan fingerprint density at radius 1 is 1.22 bits per heavy atom. The van der Waals surface area contributed by atoms with Crippen molar-refractivity contribution >= 4 is 17.3 Å². The van der Waals surface area contributed by atoms with E-state index < -0.39 is 5.97 Å². The first-order chi connectivity index (χ1) is 13.4. The van der Waals surface area contributed by atoms with Crippen LogP contribution in [0.2, 0.25) is 0 Å². The van der Waals surface area contributed by atoms with E-state index in [4.69, 9.17) is 10.8 Å². The fourth-order valence-electron chi connectivity index (χ4n) is 2.66. The third kappa shape index (κ3) is 3.48. The number of carboxylic acids is 1. The summed E-state index contributed by atoms with van der Waals surface area (Å²) in [6.07, 6.45) is 0. The van der Waals surface area contributed by atoms with Crippen LogP contribution in [0.3, 0.4) is 0 Å². The summed E-state index contributed by atoms with van der Waals surface area (Å²) in [4.78, 5) is 15.7. The molecule has 1 aromatic heterocycles. The van der Waals surface area contributed by atoms with Crippen molar-refractivity contribution < 1.29 is 20.7 Å². The first-order valence-corrected chi connectivity index (χ1v) is 8.69. The van der Waals surface area contributed by atoms with Crippen molar-refractivity contribution in [3.8, 4) is 39.3 Å². The molecule has 0 bridgehead atoms. The van der Waals surface area contributed by atoms with Gasteiger partial charge in [0, 0.05) is 5.56 Å². The molecule has 3 aromatic rings. The van der Waals surface area contributed by atoms with E-state index in [1.165, 1.54) is 14.2 Å². The third-order valence-electron chi connectivity index (χ3n) is 3.97. The zero-order valence-electron chi connectivity index (χ0n) is 15.9. The summed E-state index contributed by atoms with van der Waals surface area (Å²) in [6.45, 7) is 1.62. The maximum Gasteiger partial charge on any atom is 0.347 e. The average Bonchev–Trinajstić information content (AvgIpc) is 3.08. The van der Waals surface area contributed by atoms with Crippen LogP contribution in [0.5, 0.6) is 11.5 Å². The van der Waals surface area contributed by atoms with Gasteiger partial charge in [-0.1, -0.05) is 18.2 Å². The largest absolute Gasteiger partial charge is 0.493 e. The van der Waals surface area contributed by atoms with Gasteiger partial charge in [0.1, 0.15) is 9.88 Å². The predicted octanol–water partition coefficient (Wildman–Crippen LogP) is 4.37. The van der Waals surface area contributed by atoms with Crippen molar-refractivity contribution in [2.45, 2.75) is 6.92 Å². The second-order valence-electron chi connectivity index (χ2n) is 5.60. The van der Waals surface area contributed by atoms with Crippen molar-refractivity contribution in [2.24, 2.45) is 0 Å². The van der Waals surface area contributed by atoms with Crippen LogP contribution in [0, 0.1) is 18.3 Å². The lowest BCUT2D eigenvalue weighted by Crippen LogP contribution is -1.94. The summed E-state index contributed by atoms with van der Waals surface area (Å²) in [5.41, 5.74) is 2.33. The topological polar surface area (TPSA) is 92.4 Å². The Balaban J connectivity index is 2.15. The first-order valence-electron chi connectivity index (χ1n) is 8.37. The minimum Gasteiger partial charge on any atom is -0.493 e. The average molecular weight is 381 g/mol. The molecule has 0 aliphatic rings. The van der Waals surface area contributed by atoms with E-state index >= 15 is 0 Å². The molecule has 0 saturated carbocycles. The van der Waals surface area contributed by atoms with Crippen LogP contribution in [0.25, 0.3) is 21.7 Å². The zero-order valence-corrected chi connectivity index (χ0v) is 15.7. The maximum absolute atomic E-state index is 11.3. The molecule has 0 saturated heterocycles. The molecule has 0 unspecified atom stereocenters. The molecule has 136 valence electrons. The molecule has 1 N–H and O–H groups in total. The van der Waals surface area contributed by atoms with E-state index in [9.17, 15) is 15.2 Å². The molecule has 2 aromatic carbocycles. The van der Waals surface area contributed by atoms with E-state index in [0.29, 0.717) is 44.5 Å². The number of benzene rings is 2. The van der Waals surface area contributed by atoms with Gasteiger partial charge < -0.3 is 14.6 Å². The van der Waals surface area contributed by atoms with Crippen molar-refractivity contribution in [2.75, 3.05) is 14.2 Å². The number of methoxy groups -OCH3 is 2. The molecule has 7 heteroatoms. The number of thiazole rings is 1. The smallest absolute Gasteiger partial charge is 0.347 e. The van der Waals surface area contributed by atoms with Gasteiger partial charge in [-0.15, -0.1) is 11.3 Å². The summed E-state index contributed by atoms with van der Waals surface area (Å²) in [6, 6.07) is 10.6. The minimum absolute atomic E-state index is 0.131. The van der Waals surface area contributed by atoms with E-state index in [0.717, 1.165) is 11.3 Å². The molecule has 0 amide bonds. The molecular formula is C20H16N2O4S. The molecule has 3 rings (SSSR count). The fraction of sp³-hybridized carbons (Fsp3) is 0.150. The van der Waals surface area contributed by atoms with Crippen LogP contribution in [-0.2, 0) is 0 Å². The summed E-state index contributed by atoms with van der Waals surface area (Å²) in [5, 5.41) is 19.3. The van der Waals surface area contributed by atoms with E-state index in [1.807, 2.05) is 0 Å². The summed E-state index contributed by atoms with van der Waals surface area (Å²) >= 11 is 1.02. The van der Waals surface area contributed by atoms with Crippen molar-refractivity contribution in [1.82, 2.24) is 4.98 Å². The van der Waals surface area contributed by atoms with Gasteiger partial charge in [0.25, 0.3) is 0 Å². The Labute approximate surface area is 161 Å². The van der Waals surface area contributed by atoms with Gasteiger partial charge in [-0.3, -0.25) is 0 Å². The highest BCUT2D eigenvalue weighted by atomic mass is 32.1. The SMILES string of the molecule is [2H]c1cc(-c2nc(C)c(C(=O)O)s2)cc(C#N)c1-c1ccc(OC)c(OC)c1. The van der Waals surface area contributed by atoms with Crippen molar-refractivity contribution in [1.29, 1.82) is 5.26 Å². The minimum atomic E-state index is -1.05. The van der Waals surface area contributed by atoms with Gasteiger partial charge in [0.15, 0.2) is 11.5 Å². The molecule has 27 heavy (non-hydrogen) atoms. The quantitative estimate of drug-likeness (QED) is 0.705. The Hall–Kier alpha value is -3.37. The molecule has 0 fully saturated rings. The second-order valence-corrected chi connectivity index (χ2v) is 6.60. The number of carboxylic acid groups (broad SMARTS) is 1. The lowest BCUT2D eigenvalue weighted by molar-refractivity contribution is 0.0701. The predicted molar refractivity (Wildman–Crippen MR) is 103 cm³/mol. The molecule has 0 aliphatic heterocycles. The standard InChI is InChI=1S/C20H16N2O4S/c1-11-18(20(23)24)27-19(22-11)13-4-6-15(14(8-13)10-21)12-5-7-16(25-2)17(9-12)26-3/h4-9H,1-3H3,(H,23,24)/i6D. The highest BCUT2D eigenvalue weighted by molar-refractivity contribution is 7.17. The molecule has 0 aliphatic carbocycles. The number of nitrogens with zero attached hydrogens (tertiary/aromatic N) is 2. The van der Waals surface area contributed by atoms with Gasteiger partial charge in [-0.25, -0.2) is 9.78 Å². The summed E-state index contributed by atoms with van der Waals surface area (Å²) in [7, 11) is 3.05. The number of aromatic carboxylic acids is 1. The highest BCUT2D eigenvalue weighted by Crippen LogP contribution is 2.36. The number of aromatic nitrogens is 1. The van der Waals surface area contributed by atoms with Gasteiger partial charge in [-0.2, -0.15) is 5.26 Å². The molecule has 0 spiro atoms. The normalized spacial score (nSPS) is 10.8. The summed E-state index contributed by atoms with van der Waals surface area (Å²) in [5.74, 6) is -0.00353. The lowest BCUT2D eigenvalue weighted by atomic mass is 9.98. The fourth-order valence-corrected chi connectivity index (χ4v) is 3.55. The van der Waals surface area contributed by atoms with Crippen LogP contribution in [0.15, 0.2) is 36.4 Å². The zero-order chi connectivity index (χ0) is 20.4. The molecule has 0 atom stereocenters. The Morgan fingerprint density at radius 3 is 2.56 bits per heavy atom. The molecular weight excluding hydrogens is 364 g/mol. The van der Waals surface area contributed by atoms with Crippen molar-refractivity contribution in [3.05, 3.63) is 52.5 Å². The Morgan fingerprint density at radius 2 is 1.96 bits per heavy atom. The van der Waals surface area contributed by atoms with Crippen LogP contribution in [-0.4, -0.2) is 30.3 Å². The Bertz CT molecular complexity index is 1120. The number of aryl methyl sites for hydroxylation is 1. The van der Waals surface area contributed by atoms with E-state index in [2.05, 4.69) is 11.1 Å². The number of hydrogen-bond donors (Lipinski definition) is 1. The van der Waals surface area contributed by atoms with Gasteiger partial charge in [0.2, 0.25) is 0 Å². The highest BCUT2D eigenvalue weighted by Gasteiger charge is 2.17. The van der Waals surface area contributed by atoms with E-state index in [1.54, 1.807) is 37.3 Å². The van der Waals surface area contributed by atoms with Crippen LogP contribution in [0.1, 0.15) is 22.3 Å². The van der Waals surface area contributed by atoms with Gasteiger partial charge in [-0.05, 0) is 36.2 Å². The number of carbonyl (C=O) groups is 1.